The lowest BCUT2D eigenvalue weighted by Crippen LogP contribution is -2.46. The van der Waals surface area contributed by atoms with Crippen LogP contribution in [-0.2, 0) is 4.79 Å². The average molecular weight is 250 g/mol. The average Bonchev–Trinajstić information content (AvgIpc) is 3.25. The molecule has 3 fully saturated rings. The van der Waals surface area contributed by atoms with Crippen LogP contribution in [0, 0.1) is 11.8 Å². The zero-order valence-electron chi connectivity index (χ0n) is 11.7. The summed E-state index contributed by atoms with van der Waals surface area (Å²) in [5, 5.41) is 3.56. The third kappa shape index (κ3) is 2.18. The smallest absolute Gasteiger partial charge is 0.241 e. The highest BCUT2D eigenvalue weighted by molar-refractivity contribution is 5.84. The van der Waals surface area contributed by atoms with Crippen molar-refractivity contribution < 1.29 is 4.79 Å². The Morgan fingerprint density at radius 2 is 1.83 bits per heavy atom. The van der Waals surface area contributed by atoms with Gasteiger partial charge in [0.2, 0.25) is 5.91 Å². The van der Waals surface area contributed by atoms with Crippen LogP contribution in [-0.4, -0.2) is 29.1 Å². The SMILES string of the molecule is CCCC1NC(CC)N(C(C2CC2)C2CC2)C1=O. The molecule has 18 heavy (non-hydrogen) atoms. The molecule has 2 saturated carbocycles. The molecule has 0 aromatic rings. The summed E-state index contributed by atoms with van der Waals surface area (Å²) in [6.45, 7) is 4.36. The van der Waals surface area contributed by atoms with Gasteiger partial charge in [-0.15, -0.1) is 0 Å². The van der Waals surface area contributed by atoms with Crippen LogP contribution < -0.4 is 5.32 Å². The number of nitrogens with zero attached hydrogens (tertiary/aromatic N) is 1. The van der Waals surface area contributed by atoms with Crippen molar-refractivity contribution in [3.63, 3.8) is 0 Å². The van der Waals surface area contributed by atoms with Crippen LogP contribution in [0.4, 0.5) is 0 Å². The molecule has 1 amide bonds. The molecular weight excluding hydrogens is 224 g/mol. The summed E-state index contributed by atoms with van der Waals surface area (Å²) in [7, 11) is 0. The van der Waals surface area contributed by atoms with Gasteiger partial charge in [0.15, 0.2) is 0 Å². The third-order valence-electron chi connectivity index (χ3n) is 4.78. The lowest BCUT2D eigenvalue weighted by Gasteiger charge is -2.33. The van der Waals surface area contributed by atoms with E-state index in [1.807, 2.05) is 0 Å². The quantitative estimate of drug-likeness (QED) is 0.785. The van der Waals surface area contributed by atoms with Crippen molar-refractivity contribution in [1.82, 2.24) is 10.2 Å². The van der Waals surface area contributed by atoms with Crippen molar-refractivity contribution in [2.45, 2.75) is 77.0 Å². The van der Waals surface area contributed by atoms with Crippen molar-refractivity contribution in [3.8, 4) is 0 Å². The maximum Gasteiger partial charge on any atom is 0.241 e. The number of hydrogen-bond donors (Lipinski definition) is 1. The van der Waals surface area contributed by atoms with E-state index in [0.717, 1.165) is 31.1 Å². The third-order valence-corrected chi connectivity index (χ3v) is 4.78. The second-order valence-electron chi connectivity index (χ2n) is 6.34. The summed E-state index contributed by atoms with van der Waals surface area (Å²) in [5.41, 5.74) is 0. The van der Waals surface area contributed by atoms with E-state index in [-0.39, 0.29) is 6.04 Å². The van der Waals surface area contributed by atoms with Gasteiger partial charge in [0, 0.05) is 6.04 Å². The van der Waals surface area contributed by atoms with Crippen LogP contribution in [0.5, 0.6) is 0 Å². The molecule has 0 spiro atoms. The zero-order valence-corrected chi connectivity index (χ0v) is 11.7. The van der Waals surface area contributed by atoms with Crippen LogP contribution in [0.15, 0.2) is 0 Å². The largest absolute Gasteiger partial charge is 0.322 e. The Balaban J connectivity index is 1.76. The highest BCUT2D eigenvalue weighted by Crippen LogP contribution is 2.48. The van der Waals surface area contributed by atoms with Gasteiger partial charge >= 0.3 is 0 Å². The van der Waals surface area contributed by atoms with E-state index in [9.17, 15) is 4.79 Å². The monoisotopic (exact) mass is 250 g/mol. The minimum atomic E-state index is 0.0972. The van der Waals surface area contributed by atoms with Crippen LogP contribution >= 0.6 is 0 Å². The first-order valence-electron chi connectivity index (χ1n) is 7.84. The molecule has 102 valence electrons. The first-order valence-corrected chi connectivity index (χ1v) is 7.84. The Bertz CT molecular complexity index is 310. The van der Waals surface area contributed by atoms with Gasteiger partial charge in [-0.3, -0.25) is 10.1 Å². The fourth-order valence-corrected chi connectivity index (χ4v) is 3.60. The maximum atomic E-state index is 12.6. The molecule has 0 aromatic heterocycles. The Kier molecular flexibility index (Phi) is 3.35. The molecule has 3 rings (SSSR count). The molecule has 1 heterocycles. The molecule has 2 atom stereocenters. The van der Waals surface area contributed by atoms with Gasteiger partial charge in [-0.05, 0) is 50.4 Å². The minimum absolute atomic E-state index is 0.0972. The molecule has 1 aliphatic heterocycles. The predicted molar refractivity (Wildman–Crippen MR) is 72.0 cm³/mol. The van der Waals surface area contributed by atoms with E-state index >= 15 is 0 Å². The molecule has 0 aromatic carbocycles. The van der Waals surface area contributed by atoms with Crippen LogP contribution in [0.1, 0.15) is 58.8 Å². The van der Waals surface area contributed by atoms with Gasteiger partial charge in [-0.2, -0.15) is 0 Å². The van der Waals surface area contributed by atoms with E-state index in [1.165, 1.54) is 25.7 Å². The number of rotatable bonds is 6. The Hall–Kier alpha value is -0.570. The van der Waals surface area contributed by atoms with Gasteiger partial charge in [0.25, 0.3) is 0 Å². The van der Waals surface area contributed by atoms with Crippen molar-refractivity contribution >= 4 is 5.91 Å². The number of carbonyl (C=O) groups is 1. The Morgan fingerprint density at radius 3 is 2.28 bits per heavy atom. The summed E-state index contributed by atoms with van der Waals surface area (Å²) < 4.78 is 0. The highest BCUT2D eigenvalue weighted by Gasteiger charge is 2.51. The van der Waals surface area contributed by atoms with Gasteiger partial charge in [-0.1, -0.05) is 20.3 Å². The number of nitrogens with one attached hydrogen (secondary N) is 1. The Morgan fingerprint density at radius 1 is 1.22 bits per heavy atom. The topological polar surface area (TPSA) is 32.3 Å². The van der Waals surface area contributed by atoms with Gasteiger partial charge in [0.05, 0.1) is 12.2 Å². The van der Waals surface area contributed by atoms with E-state index in [1.54, 1.807) is 0 Å². The van der Waals surface area contributed by atoms with Gasteiger partial charge in [0.1, 0.15) is 0 Å². The summed E-state index contributed by atoms with van der Waals surface area (Å²) in [5.74, 6) is 2.03. The summed E-state index contributed by atoms with van der Waals surface area (Å²) in [6, 6.07) is 0.664. The number of carbonyl (C=O) groups excluding carboxylic acids is 1. The fraction of sp³-hybridized carbons (Fsp3) is 0.933. The molecule has 3 aliphatic rings. The molecular formula is C15H26N2O. The maximum absolute atomic E-state index is 12.6. The molecule has 2 aliphatic carbocycles. The predicted octanol–water partition coefficient (Wildman–Crippen LogP) is 2.51. The summed E-state index contributed by atoms with van der Waals surface area (Å²) >= 11 is 0. The first kappa shape index (κ1) is 12.5. The molecule has 0 bridgehead atoms. The summed E-state index contributed by atoms with van der Waals surface area (Å²) in [6.07, 6.45) is 8.82. The second kappa shape index (κ2) is 4.84. The molecule has 3 nitrogen and oxygen atoms in total. The first-order chi connectivity index (χ1) is 8.76. The van der Waals surface area contributed by atoms with E-state index in [2.05, 4.69) is 24.1 Å². The highest BCUT2D eigenvalue weighted by atomic mass is 16.2. The van der Waals surface area contributed by atoms with E-state index in [0.29, 0.717) is 18.1 Å². The number of hydrogen-bond acceptors (Lipinski definition) is 2. The molecule has 1 N–H and O–H groups in total. The fourth-order valence-electron chi connectivity index (χ4n) is 3.60. The molecule has 3 heteroatoms. The zero-order chi connectivity index (χ0) is 12.7. The lowest BCUT2D eigenvalue weighted by atomic mass is 10.0. The van der Waals surface area contributed by atoms with E-state index < -0.39 is 0 Å². The van der Waals surface area contributed by atoms with Crippen molar-refractivity contribution in [2.24, 2.45) is 11.8 Å². The van der Waals surface area contributed by atoms with Crippen LogP contribution in [0.25, 0.3) is 0 Å². The normalized spacial score (nSPS) is 32.6. The van der Waals surface area contributed by atoms with Crippen LogP contribution in [0.3, 0.4) is 0 Å². The molecule has 1 saturated heterocycles. The summed E-state index contributed by atoms with van der Waals surface area (Å²) in [4.78, 5) is 14.9. The standard InChI is InChI=1S/C15H26N2O/c1-3-5-12-15(18)17(13(4-2)16-12)14(10-6-7-10)11-8-9-11/h10-14,16H,3-9H2,1-2H3. The van der Waals surface area contributed by atoms with E-state index in [4.69, 9.17) is 0 Å². The van der Waals surface area contributed by atoms with Crippen molar-refractivity contribution in [3.05, 3.63) is 0 Å². The van der Waals surface area contributed by atoms with Gasteiger partial charge < -0.3 is 4.90 Å². The lowest BCUT2D eigenvalue weighted by molar-refractivity contribution is -0.133. The van der Waals surface area contributed by atoms with Crippen LogP contribution in [0.2, 0.25) is 0 Å². The number of amides is 1. The minimum Gasteiger partial charge on any atom is -0.322 e. The molecule has 0 radical (unpaired) electrons. The van der Waals surface area contributed by atoms with Crippen molar-refractivity contribution in [2.75, 3.05) is 0 Å². The molecule has 2 unspecified atom stereocenters. The Labute approximate surface area is 110 Å². The second-order valence-corrected chi connectivity index (χ2v) is 6.34. The van der Waals surface area contributed by atoms with Crippen molar-refractivity contribution in [1.29, 1.82) is 0 Å². The van der Waals surface area contributed by atoms with Gasteiger partial charge in [-0.25, -0.2) is 0 Å².